The monoisotopic (exact) mass is 207 g/mol. The Morgan fingerprint density at radius 3 is 2.27 bits per heavy atom. The smallest absolute Gasteiger partial charge is 0.237 e. The fraction of sp³-hybridized carbons (Fsp3) is 0.200. The van der Waals surface area contributed by atoms with Crippen LogP contribution < -0.4 is 16.4 Å². The Kier molecular flexibility index (Phi) is 3.82. The highest BCUT2D eigenvalue weighted by molar-refractivity contribution is 6.04. The second-order valence-electron chi connectivity index (χ2n) is 2.98. The van der Waals surface area contributed by atoms with Crippen molar-refractivity contribution in [2.75, 3.05) is 11.6 Å². The summed E-state index contributed by atoms with van der Waals surface area (Å²) in [5.74, 6) is -1.05. The third-order valence-electron chi connectivity index (χ3n) is 1.88. The van der Waals surface area contributed by atoms with Crippen molar-refractivity contribution in [3.63, 3.8) is 0 Å². The van der Waals surface area contributed by atoms with Crippen LogP contribution in [0.15, 0.2) is 30.3 Å². The van der Waals surface area contributed by atoms with Crippen LogP contribution in [0.4, 0.5) is 5.69 Å². The van der Waals surface area contributed by atoms with Crippen molar-refractivity contribution in [2.45, 2.75) is 6.42 Å². The molecule has 0 aliphatic heterocycles. The molecule has 2 amide bonds. The summed E-state index contributed by atoms with van der Waals surface area (Å²) in [5, 5.41) is 0. The molecule has 15 heavy (non-hydrogen) atoms. The molecule has 0 atom stereocenters. The fourth-order valence-corrected chi connectivity index (χ4v) is 1.20. The van der Waals surface area contributed by atoms with Crippen molar-refractivity contribution in [3.8, 4) is 0 Å². The number of amides is 2. The number of hydrogen-bond acceptors (Lipinski definition) is 3. The van der Waals surface area contributed by atoms with Gasteiger partial charge in [-0.2, -0.15) is 0 Å². The largest absolute Gasteiger partial charge is 0.369 e. The molecule has 0 unspecified atom stereocenters. The molecule has 80 valence electrons. The molecule has 0 heterocycles. The topological polar surface area (TPSA) is 89.4 Å². The Bertz CT molecular complexity index is 351. The third-order valence-corrected chi connectivity index (χ3v) is 1.88. The Hall–Kier alpha value is -1.88. The number of hydrogen-bond donors (Lipinski definition) is 2. The molecule has 0 spiro atoms. The van der Waals surface area contributed by atoms with Gasteiger partial charge in [0.25, 0.3) is 0 Å². The number of para-hydroxylation sites is 1. The predicted molar refractivity (Wildman–Crippen MR) is 56.8 cm³/mol. The zero-order valence-electron chi connectivity index (χ0n) is 8.22. The van der Waals surface area contributed by atoms with Crippen LogP contribution in [0.5, 0.6) is 0 Å². The van der Waals surface area contributed by atoms with E-state index in [2.05, 4.69) is 0 Å². The number of primary amides is 1. The van der Waals surface area contributed by atoms with Crippen LogP contribution in [0.25, 0.3) is 0 Å². The van der Waals surface area contributed by atoms with Gasteiger partial charge in [0.2, 0.25) is 11.8 Å². The van der Waals surface area contributed by atoms with Crippen molar-refractivity contribution in [1.29, 1.82) is 0 Å². The highest BCUT2D eigenvalue weighted by Gasteiger charge is 2.15. The maximum atomic E-state index is 11.5. The highest BCUT2D eigenvalue weighted by atomic mass is 16.2. The molecule has 4 N–H and O–H groups in total. The fourth-order valence-electron chi connectivity index (χ4n) is 1.20. The summed E-state index contributed by atoms with van der Waals surface area (Å²) in [6.45, 7) is 0.0239. The number of carbonyl (C=O) groups is 2. The maximum Gasteiger partial charge on any atom is 0.237 e. The molecule has 0 fully saturated rings. The lowest BCUT2D eigenvalue weighted by Crippen LogP contribution is -2.38. The van der Waals surface area contributed by atoms with Gasteiger partial charge in [-0.1, -0.05) is 18.2 Å². The molecule has 0 aliphatic rings. The number of carbonyl (C=O) groups excluding carboxylic acids is 2. The molecule has 0 bridgehead atoms. The summed E-state index contributed by atoms with van der Waals surface area (Å²) < 4.78 is 0. The molecular weight excluding hydrogens is 194 g/mol. The zero-order valence-corrected chi connectivity index (χ0v) is 8.22. The van der Waals surface area contributed by atoms with E-state index in [0.717, 1.165) is 0 Å². The van der Waals surface area contributed by atoms with Crippen molar-refractivity contribution < 1.29 is 9.59 Å². The van der Waals surface area contributed by atoms with Crippen LogP contribution in [-0.4, -0.2) is 18.5 Å². The summed E-state index contributed by atoms with van der Waals surface area (Å²) in [4.78, 5) is 23.4. The van der Waals surface area contributed by atoms with Crippen LogP contribution in [0.3, 0.4) is 0 Å². The first kappa shape index (κ1) is 11.2. The molecule has 0 saturated carbocycles. The predicted octanol–water partition coefficient (Wildman–Crippen LogP) is -0.189. The molecule has 0 aromatic heterocycles. The third kappa shape index (κ3) is 3.07. The van der Waals surface area contributed by atoms with E-state index in [1.165, 1.54) is 4.90 Å². The SMILES string of the molecule is NCN(C(=O)CC(N)=O)c1ccccc1. The van der Waals surface area contributed by atoms with Crippen LogP contribution in [-0.2, 0) is 9.59 Å². The van der Waals surface area contributed by atoms with E-state index >= 15 is 0 Å². The molecule has 1 rings (SSSR count). The first-order valence-electron chi connectivity index (χ1n) is 4.49. The quantitative estimate of drug-likeness (QED) is 0.529. The lowest BCUT2D eigenvalue weighted by atomic mass is 10.2. The highest BCUT2D eigenvalue weighted by Crippen LogP contribution is 2.12. The summed E-state index contributed by atoms with van der Waals surface area (Å²) in [5.41, 5.74) is 11.0. The van der Waals surface area contributed by atoms with E-state index in [0.29, 0.717) is 5.69 Å². The summed E-state index contributed by atoms with van der Waals surface area (Å²) in [6.07, 6.45) is -0.327. The van der Waals surface area contributed by atoms with Gasteiger partial charge < -0.3 is 11.5 Å². The van der Waals surface area contributed by atoms with Crippen molar-refractivity contribution in [2.24, 2.45) is 11.5 Å². The van der Waals surface area contributed by atoms with Crippen LogP contribution in [0.2, 0.25) is 0 Å². The van der Waals surface area contributed by atoms with Gasteiger partial charge >= 0.3 is 0 Å². The van der Waals surface area contributed by atoms with E-state index in [1.807, 2.05) is 6.07 Å². The lowest BCUT2D eigenvalue weighted by Gasteiger charge is -2.19. The normalized spacial score (nSPS) is 9.67. The second kappa shape index (κ2) is 5.11. The van der Waals surface area contributed by atoms with Crippen LogP contribution in [0, 0.1) is 0 Å². The van der Waals surface area contributed by atoms with Crippen LogP contribution >= 0.6 is 0 Å². The minimum atomic E-state index is -0.658. The van der Waals surface area contributed by atoms with Gasteiger partial charge in [0.1, 0.15) is 6.42 Å². The number of nitrogens with zero attached hydrogens (tertiary/aromatic N) is 1. The number of nitrogens with two attached hydrogens (primary N) is 2. The summed E-state index contributed by atoms with van der Waals surface area (Å²) in [7, 11) is 0. The van der Waals surface area contributed by atoms with E-state index in [9.17, 15) is 9.59 Å². The van der Waals surface area contributed by atoms with Crippen molar-refractivity contribution in [3.05, 3.63) is 30.3 Å². The van der Waals surface area contributed by atoms with Crippen LogP contribution in [0.1, 0.15) is 6.42 Å². The molecule has 1 aromatic rings. The Labute approximate surface area is 87.7 Å². The van der Waals surface area contributed by atoms with E-state index in [-0.39, 0.29) is 13.1 Å². The summed E-state index contributed by atoms with van der Waals surface area (Å²) >= 11 is 0. The average Bonchev–Trinajstić information content (AvgIpc) is 2.19. The van der Waals surface area contributed by atoms with Gasteiger partial charge in [-0.25, -0.2) is 0 Å². The molecule has 1 aromatic carbocycles. The number of anilines is 1. The van der Waals surface area contributed by atoms with Crippen molar-refractivity contribution >= 4 is 17.5 Å². The van der Waals surface area contributed by atoms with Gasteiger partial charge in [0, 0.05) is 5.69 Å². The zero-order chi connectivity index (χ0) is 11.3. The van der Waals surface area contributed by atoms with Gasteiger partial charge in [-0.15, -0.1) is 0 Å². The van der Waals surface area contributed by atoms with E-state index in [1.54, 1.807) is 24.3 Å². The van der Waals surface area contributed by atoms with Crippen molar-refractivity contribution in [1.82, 2.24) is 0 Å². The molecule has 0 saturated heterocycles. The second-order valence-corrected chi connectivity index (χ2v) is 2.98. The molecular formula is C10H13N3O2. The number of rotatable bonds is 4. The first-order valence-corrected chi connectivity index (χ1v) is 4.49. The van der Waals surface area contributed by atoms with Gasteiger partial charge in [0.05, 0.1) is 6.67 Å². The molecule has 5 heteroatoms. The number of benzene rings is 1. The Balaban J connectivity index is 2.80. The minimum Gasteiger partial charge on any atom is -0.369 e. The molecule has 0 aliphatic carbocycles. The van der Waals surface area contributed by atoms with Gasteiger partial charge in [-0.3, -0.25) is 14.5 Å². The first-order chi connectivity index (χ1) is 7.15. The van der Waals surface area contributed by atoms with E-state index in [4.69, 9.17) is 11.5 Å². The summed E-state index contributed by atoms with van der Waals surface area (Å²) in [6, 6.07) is 8.89. The van der Waals surface area contributed by atoms with E-state index < -0.39 is 11.8 Å². The maximum absolute atomic E-state index is 11.5. The average molecular weight is 207 g/mol. The molecule has 0 radical (unpaired) electrons. The standard InChI is InChI=1S/C10H13N3O2/c11-7-13(10(15)6-9(12)14)8-4-2-1-3-5-8/h1-5H,6-7,11H2,(H2,12,14). The Morgan fingerprint density at radius 2 is 1.80 bits per heavy atom. The minimum absolute atomic E-state index is 0.0239. The molecule has 5 nitrogen and oxygen atoms in total. The Morgan fingerprint density at radius 1 is 1.20 bits per heavy atom. The van der Waals surface area contributed by atoms with Gasteiger partial charge in [-0.05, 0) is 12.1 Å². The van der Waals surface area contributed by atoms with Gasteiger partial charge in [0.15, 0.2) is 0 Å². The lowest BCUT2D eigenvalue weighted by molar-refractivity contribution is -0.126.